The number of rotatable bonds is 3. The zero-order valence-electron chi connectivity index (χ0n) is 9.53. The van der Waals surface area contributed by atoms with E-state index in [0.29, 0.717) is 6.04 Å². The highest BCUT2D eigenvalue weighted by Gasteiger charge is 2.46. The standard InChI is InChI=1S/C11H20N2O2/c1-13(8-3-4-8)9-5-6-11(12,7-9)10(14)15-2/h8-9H,3-7,12H2,1-2H3. The number of methoxy groups -OCH3 is 1. The number of hydrogen-bond acceptors (Lipinski definition) is 4. The van der Waals surface area contributed by atoms with Crippen LogP contribution in [0.1, 0.15) is 32.1 Å². The quantitative estimate of drug-likeness (QED) is 0.692. The van der Waals surface area contributed by atoms with Gasteiger partial charge in [-0.3, -0.25) is 4.79 Å². The van der Waals surface area contributed by atoms with Crippen LogP contribution in [0.15, 0.2) is 0 Å². The lowest BCUT2D eigenvalue weighted by Crippen LogP contribution is -2.48. The van der Waals surface area contributed by atoms with Crippen LogP contribution in [-0.4, -0.2) is 42.6 Å². The van der Waals surface area contributed by atoms with Gasteiger partial charge in [0.1, 0.15) is 5.54 Å². The third kappa shape index (κ3) is 2.01. The highest BCUT2D eigenvalue weighted by Crippen LogP contribution is 2.36. The van der Waals surface area contributed by atoms with Gasteiger partial charge in [0.25, 0.3) is 0 Å². The number of carbonyl (C=O) groups is 1. The summed E-state index contributed by atoms with van der Waals surface area (Å²) in [7, 11) is 3.56. The summed E-state index contributed by atoms with van der Waals surface area (Å²) in [6, 6.07) is 1.19. The molecule has 4 heteroatoms. The molecule has 4 nitrogen and oxygen atoms in total. The van der Waals surface area contributed by atoms with Crippen molar-refractivity contribution in [3.8, 4) is 0 Å². The molecule has 0 amide bonds. The molecule has 2 aliphatic carbocycles. The van der Waals surface area contributed by atoms with Crippen molar-refractivity contribution >= 4 is 5.97 Å². The van der Waals surface area contributed by atoms with Crippen LogP contribution in [0.4, 0.5) is 0 Å². The highest BCUT2D eigenvalue weighted by molar-refractivity contribution is 5.81. The molecule has 15 heavy (non-hydrogen) atoms. The topological polar surface area (TPSA) is 55.6 Å². The molecular weight excluding hydrogens is 192 g/mol. The molecule has 2 rings (SSSR count). The Morgan fingerprint density at radius 3 is 2.60 bits per heavy atom. The summed E-state index contributed by atoms with van der Waals surface area (Å²) < 4.78 is 4.76. The predicted octanol–water partition coefficient (Wildman–Crippen LogP) is 0.504. The van der Waals surface area contributed by atoms with E-state index in [1.807, 2.05) is 0 Å². The molecule has 2 saturated carbocycles. The third-order valence-electron chi connectivity index (χ3n) is 3.81. The van der Waals surface area contributed by atoms with Gasteiger partial charge in [-0.25, -0.2) is 0 Å². The van der Waals surface area contributed by atoms with E-state index < -0.39 is 5.54 Å². The largest absolute Gasteiger partial charge is 0.468 e. The highest BCUT2D eigenvalue weighted by atomic mass is 16.5. The Morgan fingerprint density at radius 2 is 2.07 bits per heavy atom. The molecular formula is C11H20N2O2. The number of nitrogens with two attached hydrogens (primary N) is 1. The van der Waals surface area contributed by atoms with Gasteiger partial charge in [0.05, 0.1) is 7.11 Å². The summed E-state index contributed by atoms with van der Waals surface area (Å²) in [5.74, 6) is -0.255. The monoisotopic (exact) mass is 212 g/mol. The lowest BCUT2D eigenvalue weighted by Gasteiger charge is -2.26. The first-order valence-electron chi connectivity index (χ1n) is 5.66. The minimum atomic E-state index is -0.734. The molecule has 0 radical (unpaired) electrons. The summed E-state index contributed by atoms with van der Waals surface area (Å²) in [5, 5.41) is 0. The molecule has 0 aliphatic heterocycles. The second kappa shape index (κ2) is 3.76. The molecule has 2 fully saturated rings. The lowest BCUT2D eigenvalue weighted by atomic mass is 9.99. The summed E-state index contributed by atoms with van der Waals surface area (Å²) in [6.07, 6.45) is 5.10. The zero-order chi connectivity index (χ0) is 11.1. The minimum Gasteiger partial charge on any atom is -0.468 e. The Hall–Kier alpha value is -0.610. The van der Waals surface area contributed by atoms with E-state index >= 15 is 0 Å². The maximum atomic E-state index is 11.5. The minimum absolute atomic E-state index is 0.255. The Kier molecular flexibility index (Phi) is 2.73. The SMILES string of the molecule is COC(=O)C1(N)CCC(N(C)C2CC2)C1. The molecule has 0 heterocycles. The molecule has 2 N–H and O–H groups in total. The fraction of sp³-hybridized carbons (Fsp3) is 0.909. The third-order valence-corrected chi connectivity index (χ3v) is 3.81. The van der Waals surface area contributed by atoms with Gasteiger partial charge < -0.3 is 15.4 Å². The average Bonchev–Trinajstić information content (AvgIpc) is 3.00. The van der Waals surface area contributed by atoms with E-state index in [-0.39, 0.29) is 5.97 Å². The van der Waals surface area contributed by atoms with Gasteiger partial charge in [0.15, 0.2) is 0 Å². The second-order valence-corrected chi connectivity index (χ2v) is 4.94. The summed E-state index contributed by atoms with van der Waals surface area (Å²) in [5.41, 5.74) is 5.33. The van der Waals surface area contributed by atoms with Gasteiger partial charge in [-0.2, -0.15) is 0 Å². The number of carbonyl (C=O) groups excluding carboxylic acids is 1. The summed E-state index contributed by atoms with van der Waals surface area (Å²) in [4.78, 5) is 13.9. The van der Waals surface area contributed by atoms with Crippen LogP contribution in [0.2, 0.25) is 0 Å². The summed E-state index contributed by atoms with van der Waals surface area (Å²) in [6.45, 7) is 0. The zero-order valence-corrected chi connectivity index (χ0v) is 9.53. The van der Waals surface area contributed by atoms with Gasteiger partial charge in [-0.05, 0) is 39.2 Å². The van der Waals surface area contributed by atoms with Crippen LogP contribution in [0.3, 0.4) is 0 Å². The Morgan fingerprint density at radius 1 is 1.40 bits per heavy atom. The van der Waals surface area contributed by atoms with Crippen LogP contribution < -0.4 is 5.73 Å². The molecule has 0 aromatic carbocycles. The number of esters is 1. The Balaban J connectivity index is 1.95. The van der Waals surface area contributed by atoms with Crippen LogP contribution in [0.25, 0.3) is 0 Å². The van der Waals surface area contributed by atoms with Crippen LogP contribution in [0, 0.1) is 0 Å². The molecule has 0 spiro atoms. The predicted molar refractivity (Wildman–Crippen MR) is 57.4 cm³/mol. The van der Waals surface area contributed by atoms with Crippen molar-refractivity contribution in [1.29, 1.82) is 0 Å². The van der Waals surface area contributed by atoms with Crippen molar-refractivity contribution in [2.75, 3.05) is 14.2 Å². The van der Waals surface area contributed by atoms with Gasteiger partial charge in [0, 0.05) is 12.1 Å². The van der Waals surface area contributed by atoms with E-state index in [2.05, 4.69) is 11.9 Å². The van der Waals surface area contributed by atoms with Crippen molar-refractivity contribution in [1.82, 2.24) is 4.90 Å². The molecule has 2 unspecified atom stereocenters. The lowest BCUT2D eigenvalue weighted by molar-refractivity contribution is -0.146. The molecule has 2 atom stereocenters. The molecule has 0 bridgehead atoms. The maximum absolute atomic E-state index is 11.5. The van der Waals surface area contributed by atoms with Gasteiger partial charge in [-0.1, -0.05) is 0 Å². The fourth-order valence-corrected chi connectivity index (χ4v) is 2.56. The molecule has 0 saturated heterocycles. The first-order chi connectivity index (χ1) is 7.07. The van der Waals surface area contributed by atoms with Crippen molar-refractivity contribution in [2.45, 2.75) is 49.7 Å². The maximum Gasteiger partial charge on any atom is 0.325 e. The van der Waals surface area contributed by atoms with Crippen molar-refractivity contribution in [3.05, 3.63) is 0 Å². The van der Waals surface area contributed by atoms with E-state index in [4.69, 9.17) is 10.5 Å². The number of nitrogens with zero attached hydrogens (tertiary/aromatic N) is 1. The van der Waals surface area contributed by atoms with Crippen molar-refractivity contribution < 1.29 is 9.53 Å². The Labute approximate surface area is 90.8 Å². The van der Waals surface area contributed by atoms with Gasteiger partial charge >= 0.3 is 5.97 Å². The molecule has 0 aromatic rings. The van der Waals surface area contributed by atoms with E-state index in [9.17, 15) is 4.79 Å². The van der Waals surface area contributed by atoms with Crippen LogP contribution >= 0.6 is 0 Å². The molecule has 0 aromatic heterocycles. The normalized spacial score (nSPS) is 35.9. The first kappa shape index (κ1) is 10.9. The summed E-state index contributed by atoms with van der Waals surface area (Å²) >= 11 is 0. The number of ether oxygens (including phenoxy) is 1. The molecule has 2 aliphatic rings. The van der Waals surface area contributed by atoms with Crippen LogP contribution in [0.5, 0.6) is 0 Å². The Bertz CT molecular complexity index is 265. The average molecular weight is 212 g/mol. The first-order valence-corrected chi connectivity index (χ1v) is 5.66. The molecule has 86 valence electrons. The van der Waals surface area contributed by atoms with Crippen LogP contribution in [-0.2, 0) is 9.53 Å². The van der Waals surface area contributed by atoms with Crippen molar-refractivity contribution in [3.63, 3.8) is 0 Å². The smallest absolute Gasteiger partial charge is 0.325 e. The second-order valence-electron chi connectivity index (χ2n) is 4.94. The van der Waals surface area contributed by atoms with E-state index in [0.717, 1.165) is 25.3 Å². The van der Waals surface area contributed by atoms with E-state index in [1.165, 1.54) is 20.0 Å². The fourth-order valence-electron chi connectivity index (χ4n) is 2.56. The van der Waals surface area contributed by atoms with Gasteiger partial charge in [0.2, 0.25) is 0 Å². The number of hydrogen-bond donors (Lipinski definition) is 1. The van der Waals surface area contributed by atoms with Gasteiger partial charge in [-0.15, -0.1) is 0 Å². The van der Waals surface area contributed by atoms with E-state index in [1.54, 1.807) is 0 Å². The van der Waals surface area contributed by atoms with Crippen molar-refractivity contribution in [2.24, 2.45) is 5.73 Å².